The fraction of sp³-hybridized carbons (Fsp3) is 0.129. The van der Waals surface area contributed by atoms with E-state index in [-0.39, 0.29) is 11.6 Å². The average molecular weight is 889 g/mol. The van der Waals surface area contributed by atoms with Gasteiger partial charge in [0, 0.05) is 65.3 Å². The van der Waals surface area contributed by atoms with E-state index in [1.54, 1.807) is 12.1 Å². The summed E-state index contributed by atoms with van der Waals surface area (Å²) >= 11 is 0. The van der Waals surface area contributed by atoms with Crippen LogP contribution in [0.1, 0.15) is 52.7 Å². The first-order chi connectivity index (χ1) is 32.9. The van der Waals surface area contributed by atoms with Crippen molar-refractivity contribution in [2.75, 3.05) is 0 Å². The Labute approximate surface area is 391 Å². The minimum atomic E-state index is -0.664. The van der Waals surface area contributed by atoms with Crippen LogP contribution in [0.3, 0.4) is 0 Å². The standard InChI is InChI=1S/C62H46F2N2O2/c1-61(2,3)53-51(43-23-7-13-25-45(43)63)57(65-47-27-15-9-19-35(47)39-31-33-41-37-21-11-17-29-49(37)67-59(41)55(39)65)52(44-24-8-14-26-46(44)64)54(62(4,5)6)58(53)66-48-28-16-10-20-36(48)40-32-34-42-38-22-12-18-30-50(38)68-60(42)56(40)66/h7-34H,1-6H3. The summed E-state index contributed by atoms with van der Waals surface area (Å²) in [7, 11) is 0. The van der Waals surface area contributed by atoms with Gasteiger partial charge in [-0.3, -0.25) is 0 Å². The quantitative estimate of drug-likeness (QED) is 0.176. The molecule has 13 rings (SSSR count). The first kappa shape index (κ1) is 40.3. The molecule has 0 unspecified atom stereocenters. The molecule has 0 fully saturated rings. The number of benzene rings is 9. The molecule has 0 aliphatic heterocycles. The number of para-hydroxylation sites is 4. The van der Waals surface area contributed by atoms with Crippen LogP contribution in [-0.2, 0) is 10.8 Å². The number of furan rings is 2. The number of hydrogen-bond donors (Lipinski definition) is 0. The summed E-state index contributed by atoms with van der Waals surface area (Å²) in [6.07, 6.45) is 0. The molecule has 0 bridgehead atoms. The van der Waals surface area contributed by atoms with Crippen LogP contribution in [-0.4, -0.2) is 9.13 Å². The lowest BCUT2D eigenvalue weighted by molar-refractivity contribution is 0.564. The first-order valence-corrected chi connectivity index (χ1v) is 23.3. The Morgan fingerprint density at radius 2 is 0.706 bits per heavy atom. The van der Waals surface area contributed by atoms with Gasteiger partial charge < -0.3 is 18.0 Å². The van der Waals surface area contributed by atoms with E-state index >= 15 is 8.78 Å². The van der Waals surface area contributed by atoms with Crippen molar-refractivity contribution in [3.8, 4) is 33.6 Å². The summed E-state index contributed by atoms with van der Waals surface area (Å²) in [6, 6.07) is 55.9. The molecule has 4 heterocycles. The highest BCUT2D eigenvalue weighted by molar-refractivity contribution is 6.24. The molecular formula is C62H46F2N2O2. The van der Waals surface area contributed by atoms with Gasteiger partial charge in [-0.05, 0) is 70.5 Å². The van der Waals surface area contributed by atoms with Crippen molar-refractivity contribution in [3.05, 3.63) is 193 Å². The Hall–Kier alpha value is -7.96. The molecule has 0 atom stereocenters. The second kappa shape index (κ2) is 14.3. The normalized spacial score (nSPS) is 12.7. The number of halogens is 2. The highest BCUT2D eigenvalue weighted by Gasteiger charge is 2.40. The predicted molar refractivity (Wildman–Crippen MR) is 278 cm³/mol. The molecule has 0 saturated heterocycles. The van der Waals surface area contributed by atoms with E-state index in [1.807, 2.05) is 66.7 Å². The summed E-state index contributed by atoms with van der Waals surface area (Å²) in [5.74, 6) is -0.769. The van der Waals surface area contributed by atoms with Gasteiger partial charge in [-0.2, -0.15) is 0 Å². The summed E-state index contributed by atoms with van der Waals surface area (Å²) < 4.78 is 53.8. The third-order valence-corrected chi connectivity index (χ3v) is 14.0. The van der Waals surface area contributed by atoms with E-state index in [9.17, 15) is 0 Å². The largest absolute Gasteiger partial charge is 0.454 e. The molecule has 0 aliphatic carbocycles. The average Bonchev–Trinajstić information content (AvgIpc) is 4.08. The van der Waals surface area contributed by atoms with Crippen molar-refractivity contribution in [1.29, 1.82) is 0 Å². The van der Waals surface area contributed by atoms with Crippen LogP contribution in [0.15, 0.2) is 179 Å². The van der Waals surface area contributed by atoms with Crippen molar-refractivity contribution in [2.45, 2.75) is 52.4 Å². The van der Waals surface area contributed by atoms with Crippen molar-refractivity contribution in [1.82, 2.24) is 9.13 Å². The zero-order valence-corrected chi connectivity index (χ0v) is 38.6. The summed E-state index contributed by atoms with van der Waals surface area (Å²) in [5, 5.41) is 8.00. The second-order valence-corrected chi connectivity index (χ2v) is 20.2. The number of rotatable bonds is 4. The van der Waals surface area contributed by atoms with Gasteiger partial charge in [0.1, 0.15) is 22.8 Å². The van der Waals surface area contributed by atoms with Gasteiger partial charge in [-0.15, -0.1) is 0 Å². The Kier molecular flexibility index (Phi) is 8.46. The number of hydrogen-bond acceptors (Lipinski definition) is 2. The molecule has 6 heteroatoms. The van der Waals surface area contributed by atoms with Gasteiger partial charge in [0.2, 0.25) is 0 Å². The van der Waals surface area contributed by atoms with E-state index in [1.165, 1.54) is 12.1 Å². The number of aromatic nitrogens is 2. The molecule has 0 aliphatic rings. The Morgan fingerprint density at radius 3 is 1.13 bits per heavy atom. The summed E-state index contributed by atoms with van der Waals surface area (Å²) in [5.41, 5.74) is 10.7. The van der Waals surface area contributed by atoms with Gasteiger partial charge in [0.05, 0.1) is 33.4 Å². The van der Waals surface area contributed by atoms with E-state index in [2.05, 4.69) is 130 Å². The van der Waals surface area contributed by atoms with Crippen LogP contribution in [0.4, 0.5) is 8.78 Å². The lowest BCUT2D eigenvalue weighted by Crippen LogP contribution is -2.26. The topological polar surface area (TPSA) is 36.1 Å². The van der Waals surface area contributed by atoms with Crippen LogP contribution in [0.5, 0.6) is 0 Å². The highest BCUT2D eigenvalue weighted by atomic mass is 19.1. The Balaban J connectivity index is 1.38. The number of nitrogens with zero attached hydrogens (tertiary/aromatic N) is 2. The molecule has 330 valence electrons. The van der Waals surface area contributed by atoms with Crippen LogP contribution >= 0.6 is 0 Å². The highest BCUT2D eigenvalue weighted by Crippen LogP contribution is 2.56. The molecule has 0 saturated carbocycles. The van der Waals surface area contributed by atoms with Gasteiger partial charge >= 0.3 is 0 Å². The third-order valence-electron chi connectivity index (χ3n) is 14.0. The summed E-state index contributed by atoms with van der Waals surface area (Å²) in [4.78, 5) is 0. The van der Waals surface area contributed by atoms with Crippen LogP contribution in [0, 0.1) is 11.6 Å². The molecular weight excluding hydrogens is 843 g/mol. The smallest absolute Gasteiger partial charge is 0.160 e. The molecule has 0 amide bonds. The van der Waals surface area contributed by atoms with Crippen LogP contribution < -0.4 is 0 Å². The maximum atomic E-state index is 17.6. The maximum absolute atomic E-state index is 17.6. The monoisotopic (exact) mass is 888 g/mol. The fourth-order valence-corrected chi connectivity index (χ4v) is 11.4. The van der Waals surface area contributed by atoms with Crippen LogP contribution in [0.2, 0.25) is 0 Å². The van der Waals surface area contributed by atoms with Gasteiger partial charge in [-0.25, -0.2) is 8.78 Å². The zero-order valence-electron chi connectivity index (χ0n) is 38.6. The van der Waals surface area contributed by atoms with Crippen molar-refractivity contribution in [2.24, 2.45) is 0 Å². The van der Waals surface area contributed by atoms with Crippen molar-refractivity contribution >= 4 is 87.5 Å². The SMILES string of the molecule is CC(C)(C)c1c(-c2ccccc2F)c(-n2c3ccccc3c3ccc4c5ccccc5oc4c32)c(-c2ccccc2F)c(C(C)(C)C)c1-n1c2ccccc2c2ccc3c4ccccc4oc3c21. The van der Waals surface area contributed by atoms with Crippen LogP contribution in [0.25, 0.3) is 121 Å². The Morgan fingerprint density at radius 1 is 0.353 bits per heavy atom. The molecule has 13 aromatic rings. The first-order valence-electron chi connectivity index (χ1n) is 23.3. The molecule has 0 radical (unpaired) electrons. The van der Waals surface area contributed by atoms with Crippen molar-refractivity contribution in [3.63, 3.8) is 0 Å². The molecule has 0 spiro atoms. The minimum Gasteiger partial charge on any atom is -0.454 e. The van der Waals surface area contributed by atoms with Gasteiger partial charge in [0.25, 0.3) is 0 Å². The van der Waals surface area contributed by atoms with E-state index in [0.717, 1.165) is 98.7 Å². The predicted octanol–water partition coefficient (Wildman–Crippen LogP) is 17.9. The Bertz CT molecular complexity index is 4170. The maximum Gasteiger partial charge on any atom is 0.160 e. The number of fused-ring (bicyclic) bond motifs is 14. The minimum absolute atomic E-state index is 0.384. The molecule has 4 nitrogen and oxygen atoms in total. The van der Waals surface area contributed by atoms with Gasteiger partial charge in [0.15, 0.2) is 11.2 Å². The van der Waals surface area contributed by atoms with Gasteiger partial charge in [-0.1, -0.05) is 163 Å². The zero-order chi connectivity index (χ0) is 46.4. The van der Waals surface area contributed by atoms with E-state index < -0.39 is 10.8 Å². The van der Waals surface area contributed by atoms with E-state index in [4.69, 9.17) is 8.83 Å². The third kappa shape index (κ3) is 5.58. The lowest BCUT2D eigenvalue weighted by atomic mass is 9.71. The van der Waals surface area contributed by atoms with E-state index in [0.29, 0.717) is 33.5 Å². The fourth-order valence-electron chi connectivity index (χ4n) is 11.4. The molecule has 9 aromatic carbocycles. The summed E-state index contributed by atoms with van der Waals surface area (Å²) in [6.45, 7) is 13.3. The molecule has 4 aromatic heterocycles. The molecule has 68 heavy (non-hydrogen) atoms. The molecule has 0 N–H and O–H groups in total. The lowest BCUT2D eigenvalue weighted by Gasteiger charge is -2.38. The second-order valence-electron chi connectivity index (χ2n) is 20.2. The van der Waals surface area contributed by atoms with Crippen molar-refractivity contribution < 1.29 is 17.6 Å².